The summed E-state index contributed by atoms with van der Waals surface area (Å²) in [6, 6.07) is -1.55. The minimum Gasteiger partial charge on any atom is -0.476 e. The number of amides is 1. The van der Waals surface area contributed by atoms with Crippen LogP contribution in [-0.4, -0.2) is 131 Å². The van der Waals surface area contributed by atoms with Gasteiger partial charge in [0.25, 0.3) is 0 Å². The van der Waals surface area contributed by atoms with Crippen LogP contribution in [0.15, 0.2) is 34.8 Å². The lowest BCUT2D eigenvalue weighted by molar-refractivity contribution is -0.0339. The molecule has 0 saturated carbocycles. The van der Waals surface area contributed by atoms with Crippen molar-refractivity contribution in [2.75, 3.05) is 43.9 Å². The van der Waals surface area contributed by atoms with Crippen molar-refractivity contribution in [2.45, 2.75) is 71.9 Å². The average Bonchev–Trinajstić information content (AvgIpc) is 3.85. The number of carbonyl (C=O) groups excluding carboxylic acids is 2. The third-order valence-corrected chi connectivity index (χ3v) is 9.32. The zero-order chi connectivity index (χ0) is 41.3. The fraction of sp³-hybridized carbons (Fsp3) is 0.500. The van der Waals surface area contributed by atoms with Crippen LogP contribution in [0.2, 0.25) is 0 Å². The van der Waals surface area contributed by atoms with Gasteiger partial charge in [-0.1, -0.05) is 0 Å². The highest BCUT2D eigenvalue weighted by atomic mass is 32.2. The number of imidazole rings is 2. The van der Waals surface area contributed by atoms with Crippen molar-refractivity contribution >= 4 is 64.5 Å². The van der Waals surface area contributed by atoms with Gasteiger partial charge >= 0.3 is 29.0 Å². The van der Waals surface area contributed by atoms with Gasteiger partial charge in [-0.3, -0.25) is 8.80 Å². The normalized spacial score (nSPS) is 20.2. The number of carboxylic acids is 1. The second-order valence-corrected chi connectivity index (χ2v) is 15.0. The van der Waals surface area contributed by atoms with Crippen molar-refractivity contribution in [1.82, 2.24) is 39.0 Å². The molecular formula is C30H32F8N10O6S2. The molecule has 6 heterocycles. The van der Waals surface area contributed by atoms with Gasteiger partial charge in [-0.2, -0.15) is 26.3 Å². The Kier molecular flexibility index (Phi) is 12.3. The Bertz CT molecular complexity index is 2090. The molecule has 0 aromatic carbocycles. The van der Waals surface area contributed by atoms with Crippen molar-refractivity contribution in [2.24, 2.45) is 0 Å². The number of carbonyl (C=O) groups is 3. The van der Waals surface area contributed by atoms with Crippen molar-refractivity contribution in [1.29, 1.82) is 0 Å². The quantitative estimate of drug-likeness (QED) is 0.102. The van der Waals surface area contributed by atoms with Gasteiger partial charge in [0, 0.05) is 67.9 Å². The Hall–Kier alpha value is -4.85. The Morgan fingerprint density at radius 1 is 0.821 bits per heavy atom. The van der Waals surface area contributed by atoms with Gasteiger partial charge < -0.3 is 35.4 Å². The number of rotatable bonds is 8. The summed E-state index contributed by atoms with van der Waals surface area (Å²) in [5.74, 6) is -2.69. The number of ether oxygens (including phenoxy) is 2. The number of nitrogens with one attached hydrogen (secondary N) is 3. The predicted octanol–water partition coefficient (Wildman–Crippen LogP) is 5.26. The number of thioether (sulfide) groups is 2. The number of aromatic nitrogens is 6. The Balaban J connectivity index is 0.000000223. The third-order valence-electron chi connectivity index (χ3n) is 7.69. The van der Waals surface area contributed by atoms with Crippen LogP contribution in [0.1, 0.15) is 41.7 Å². The molecule has 2 aliphatic heterocycles. The highest BCUT2D eigenvalue weighted by molar-refractivity contribution is 8.00. The second-order valence-electron chi connectivity index (χ2n) is 12.9. The van der Waals surface area contributed by atoms with Gasteiger partial charge in [-0.25, -0.2) is 43.1 Å². The van der Waals surface area contributed by atoms with E-state index in [9.17, 15) is 49.5 Å². The van der Waals surface area contributed by atoms with E-state index in [0.29, 0.717) is 6.54 Å². The molecule has 26 heteroatoms. The maximum atomic E-state index is 14.6. The van der Waals surface area contributed by atoms with Crippen LogP contribution < -0.4 is 16.0 Å². The zero-order valence-corrected chi connectivity index (χ0v) is 31.0. The number of carboxylic acid groups (broad SMARTS) is 1. The van der Waals surface area contributed by atoms with Crippen LogP contribution in [-0.2, 0) is 9.47 Å². The predicted molar refractivity (Wildman–Crippen MR) is 183 cm³/mol. The van der Waals surface area contributed by atoms with Gasteiger partial charge in [0.15, 0.2) is 34.3 Å². The molecule has 306 valence electrons. The zero-order valence-electron chi connectivity index (χ0n) is 29.4. The SMILES string of the molecule is COC(=O)c1nc2c(N[C@@H]3CN(C(=O)OC(C)(C)C)C[C@@H]3F)nccn2c1SC(F)(F)F.O=C(O)c1nc2c(N[C@@H]3CNC[C@@H]3F)nccn2c1SC(F)(F)F. The number of alkyl halides is 8. The van der Waals surface area contributed by atoms with Crippen LogP contribution in [0, 0.1) is 0 Å². The molecule has 4 aromatic heterocycles. The Labute approximate surface area is 319 Å². The lowest BCUT2D eigenvalue weighted by atomic mass is 10.2. The molecule has 0 radical (unpaired) electrons. The van der Waals surface area contributed by atoms with Gasteiger partial charge in [0.2, 0.25) is 0 Å². The van der Waals surface area contributed by atoms with E-state index in [4.69, 9.17) is 9.84 Å². The summed E-state index contributed by atoms with van der Waals surface area (Å²) in [5, 5.41) is 16.4. The standard InChI is InChI=1S/C18H21F4N5O4S.C12H11F4N5O2S/c1-17(2,3)31-16(29)26-7-9(19)10(8-26)24-12-13-25-11(15(28)30-4)14(32-18(20,21)22)27(13)6-5-23-12;13-5-3-17-4-6(5)19-8-9-20-7(11(22)23)10(24-12(14,15)16)21(9)2-1-18-8/h5-6,9-10H,7-8H2,1-4H3,(H,23,24);1-2,5-6,17H,3-4H2,(H,18,19)(H,22,23)/t9-,10+;5-,6+/m00/s1. The van der Waals surface area contributed by atoms with Crippen molar-refractivity contribution in [3.63, 3.8) is 0 Å². The smallest absolute Gasteiger partial charge is 0.447 e. The van der Waals surface area contributed by atoms with Crippen LogP contribution in [0.25, 0.3) is 11.3 Å². The summed E-state index contributed by atoms with van der Waals surface area (Å²) < 4.78 is 117. The average molecular weight is 845 g/mol. The molecule has 56 heavy (non-hydrogen) atoms. The molecule has 0 aliphatic carbocycles. The first-order valence-electron chi connectivity index (χ1n) is 16.1. The number of likely N-dealkylation sites (tertiary alicyclic amines) is 1. The monoisotopic (exact) mass is 844 g/mol. The number of methoxy groups -OCH3 is 1. The molecule has 2 aliphatic rings. The lowest BCUT2D eigenvalue weighted by Crippen LogP contribution is -2.36. The van der Waals surface area contributed by atoms with Crippen LogP contribution in [0.5, 0.6) is 0 Å². The first-order valence-corrected chi connectivity index (χ1v) is 17.8. The number of hydrogen-bond donors (Lipinski definition) is 4. The Morgan fingerprint density at radius 2 is 1.34 bits per heavy atom. The van der Waals surface area contributed by atoms with Crippen LogP contribution in [0.3, 0.4) is 0 Å². The Morgan fingerprint density at radius 3 is 1.80 bits per heavy atom. The molecule has 6 rings (SSSR count). The fourth-order valence-corrected chi connectivity index (χ4v) is 6.80. The van der Waals surface area contributed by atoms with Crippen molar-refractivity contribution < 1.29 is 64.1 Å². The van der Waals surface area contributed by atoms with E-state index in [1.807, 2.05) is 0 Å². The molecule has 0 unspecified atom stereocenters. The molecule has 16 nitrogen and oxygen atoms in total. The summed E-state index contributed by atoms with van der Waals surface area (Å²) >= 11 is -1.11. The summed E-state index contributed by atoms with van der Waals surface area (Å²) in [4.78, 5) is 52.3. The minimum absolute atomic E-state index is 0.0189. The highest BCUT2D eigenvalue weighted by Gasteiger charge is 2.40. The number of aromatic carboxylic acids is 1. The molecular weight excluding hydrogens is 813 g/mol. The largest absolute Gasteiger partial charge is 0.476 e. The van der Waals surface area contributed by atoms with Crippen LogP contribution >= 0.6 is 23.5 Å². The molecule has 2 fully saturated rings. The summed E-state index contributed by atoms with van der Waals surface area (Å²) in [5.41, 5.74) is -11.7. The first-order chi connectivity index (χ1) is 26.0. The number of halogens is 8. The summed E-state index contributed by atoms with van der Waals surface area (Å²) in [6.07, 6.45) is 1.36. The molecule has 1 amide bonds. The van der Waals surface area contributed by atoms with Gasteiger partial charge in [-0.15, -0.1) is 0 Å². The van der Waals surface area contributed by atoms with E-state index >= 15 is 0 Å². The van der Waals surface area contributed by atoms with E-state index in [1.165, 1.54) is 29.7 Å². The minimum atomic E-state index is -4.70. The van der Waals surface area contributed by atoms with E-state index < -0.39 is 104 Å². The molecule has 0 spiro atoms. The van der Waals surface area contributed by atoms with Crippen LogP contribution in [0.4, 0.5) is 51.6 Å². The first kappa shape index (κ1) is 42.3. The number of esters is 1. The number of fused-ring (bicyclic) bond motifs is 2. The lowest BCUT2D eigenvalue weighted by Gasteiger charge is -2.24. The highest BCUT2D eigenvalue weighted by Crippen LogP contribution is 2.41. The molecule has 2 saturated heterocycles. The number of anilines is 2. The third kappa shape index (κ3) is 10.1. The molecule has 0 bridgehead atoms. The summed E-state index contributed by atoms with van der Waals surface area (Å²) in [7, 11) is 1.02. The second kappa shape index (κ2) is 16.3. The number of hydrogen-bond acceptors (Lipinski definition) is 14. The molecule has 4 aromatic rings. The molecule has 4 atom stereocenters. The van der Waals surface area contributed by atoms with E-state index in [2.05, 4.69) is 40.6 Å². The fourth-order valence-electron chi connectivity index (χ4n) is 5.41. The summed E-state index contributed by atoms with van der Waals surface area (Å²) in [6.45, 7) is 5.21. The maximum Gasteiger partial charge on any atom is 0.447 e. The van der Waals surface area contributed by atoms with E-state index in [0.717, 1.165) is 15.9 Å². The van der Waals surface area contributed by atoms with E-state index in [-0.39, 0.29) is 42.6 Å². The van der Waals surface area contributed by atoms with Crippen molar-refractivity contribution in [3.8, 4) is 0 Å². The maximum absolute atomic E-state index is 14.6. The van der Waals surface area contributed by atoms with E-state index in [1.54, 1.807) is 20.8 Å². The van der Waals surface area contributed by atoms with Crippen molar-refractivity contribution in [3.05, 3.63) is 36.2 Å². The van der Waals surface area contributed by atoms with Gasteiger partial charge in [-0.05, 0) is 20.8 Å². The van der Waals surface area contributed by atoms with Gasteiger partial charge in [0.1, 0.15) is 28.0 Å². The van der Waals surface area contributed by atoms with Gasteiger partial charge in [0.05, 0.1) is 25.7 Å². The topological polar surface area (TPSA) is 190 Å². The number of nitrogens with zero attached hydrogens (tertiary/aromatic N) is 7. The molecule has 4 N–H and O–H groups in total.